The molecule has 2 aromatic rings. The van der Waals surface area contributed by atoms with Gasteiger partial charge in [0, 0.05) is 23.8 Å². The second-order valence-electron chi connectivity index (χ2n) is 6.05. The normalized spacial score (nSPS) is 14.1. The van der Waals surface area contributed by atoms with Gasteiger partial charge in [-0.25, -0.2) is 12.7 Å². The topological polar surface area (TPSA) is 90.3 Å². The highest BCUT2D eigenvalue weighted by Crippen LogP contribution is 2.38. The Balaban J connectivity index is 1.84. The number of nitrogens with one attached hydrogen (secondary N) is 1. The molecule has 0 fully saturated rings. The van der Waals surface area contributed by atoms with Crippen LogP contribution in [-0.2, 0) is 22.9 Å². The van der Waals surface area contributed by atoms with Gasteiger partial charge in [0.1, 0.15) is 11.1 Å². The summed E-state index contributed by atoms with van der Waals surface area (Å²) in [5.41, 5.74) is 1.60. The van der Waals surface area contributed by atoms with E-state index in [0.717, 1.165) is 42.6 Å². The molecule has 2 heterocycles. The lowest BCUT2D eigenvalue weighted by atomic mass is 9.96. The lowest BCUT2D eigenvalue weighted by Crippen LogP contribution is -2.26. The number of carbonyl (C=O) groups excluding carboxylic acids is 1. The average molecular weight is 410 g/mol. The predicted molar refractivity (Wildman–Crippen MR) is 103 cm³/mol. The van der Waals surface area contributed by atoms with Gasteiger partial charge in [-0.3, -0.25) is 4.79 Å². The van der Waals surface area contributed by atoms with E-state index in [1.54, 1.807) is 6.92 Å². The zero-order chi connectivity index (χ0) is 18.9. The molecule has 0 unspecified atom stereocenters. The first-order valence-corrected chi connectivity index (χ1v) is 11.4. The van der Waals surface area contributed by atoms with E-state index in [4.69, 9.17) is 0 Å². The predicted octanol–water partition coefficient (Wildman–Crippen LogP) is 3.45. The maximum atomic E-state index is 12.6. The van der Waals surface area contributed by atoms with Crippen molar-refractivity contribution in [2.45, 2.75) is 37.5 Å². The van der Waals surface area contributed by atoms with Crippen LogP contribution in [0.15, 0.2) is 16.3 Å². The number of nitriles is 1. The van der Waals surface area contributed by atoms with Crippen LogP contribution in [0.25, 0.3) is 0 Å². The molecule has 1 aliphatic rings. The number of carbonyl (C=O) groups is 1. The van der Waals surface area contributed by atoms with Crippen LogP contribution in [0.1, 0.15) is 45.4 Å². The summed E-state index contributed by atoms with van der Waals surface area (Å²) in [5, 5.41) is 14.3. The van der Waals surface area contributed by atoms with Gasteiger partial charge >= 0.3 is 0 Å². The van der Waals surface area contributed by atoms with E-state index in [1.165, 1.54) is 39.0 Å². The summed E-state index contributed by atoms with van der Waals surface area (Å²) in [6, 6.07) is 3.60. The van der Waals surface area contributed by atoms with Crippen LogP contribution < -0.4 is 5.32 Å². The van der Waals surface area contributed by atoms with Crippen molar-refractivity contribution in [3.63, 3.8) is 0 Å². The number of anilines is 1. The molecule has 6 nitrogen and oxygen atoms in total. The molecule has 0 aromatic carbocycles. The van der Waals surface area contributed by atoms with E-state index in [2.05, 4.69) is 11.4 Å². The Bertz CT molecular complexity index is 983. The Morgan fingerprint density at radius 1 is 1.38 bits per heavy atom. The maximum Gasteiger partial charge on any atom is 0.266 e. The monoisotopic (exact) mass is 409 g/mol. The second kappa shape index (κ2) is 7.48. The maximum absolute atomic E-state index is 12.6. The summed E-state index contributed by atoms with van der Waals surface area (Å²) in [6.07, 6.45) is 3.97. The molecule has 0 spiro atoms. The van der Waals surface area contributed by atoms with E-state index < -0.39 is 10.0 Å². The highest BCUT2D eigenvalue weighted by molar-refractivity contribution is 7.89. The Hall–Kier alpha value is -1.73. The van der Waals surface area contributed by atoms with Crippen molar-refractivity contribution in [3.8, 4) is 6.07 Å². The molecule has 138 valence electrons. The molecule has 26 heavy (non-hydrogen) atoms. The lowest BCUT2D eigenvalue weighted by Gasteiger charge is -2.12. The Kier molecular flexibility index (Phi) is 5.48. The number of aryl methyl sites for hydroxylation is 1. The summed E-state index contributed by atoms with van der Waals surface area (Å²) in [6.45, 7) is 2.10. The van der Waals surface area contributed by atoms with Gasteiger partial charge in [-0.15, -0.1) is 22.7 Å². The molecule has 9 heteroatoms. The highest BCUT2D eigenvalue weighted by atomic mass is 32.2. The molecule has 1 aliphatic carbocycles. The molecule has 0 aliphatic heterocycles. The lowest BCUT2D eigenvalue weighted by molar-refractivity contribution is 0.103. The van der Waals surface area contributed by atoms with E-state index >= 15 is 0 Å². The van der Waals surface area contributed by atoms with Gasteiger partial charge in [-0.2, -0.15) is 5.26 Å². The SMILES string of the molecule is CCN(C)S(=O)(=O)c1csc(C(=O)Nc2sc3c(c2C#N)CCCC3)c1. The first kappa shape index (κ1) is 19.0. The van der Waals surface area contributed by atoms with Gasteiger partial charge in [-0.1, -0.05) is 6.92 Å². The Labute approximate surface area is 161 Å². The van der Waals surface area contributed by atoms with Crippen LogP contribution in [0.4, 0.5) is 5.00 Å². The van der Waals surface area contributed by atoms with Gasteiger partial charge in [0.2, 0.25) is 10.0 Å². The van der Waals surface area contributed by atoms with Gasteiger partial charge in [0.25, 0.3) is 5.91 Å². The number of amides is 1. The first-order chi connectivity index (χ1) is 12.4. The molecule has 0 saturated carbocycles. The largest absolute Gasteiger partial charge is 0.312 e. The summed E-state index contributed by atoms with van der Waals surface area (Å²) in [7, 11) is -2.07. The van der Waals surface area contributed by atoms with Crippen molar-refractivity contribution >= 4 is 43.6 Å². The molecular formula is C17H19N3O3S3. The number of thiophene rings is 2. The van der Waals surface area contributed by atoms with Gasteiger partial charge in [-0.05, 0) is 37.3 Å². The molecule has 0 radical (unpaired) electrons. The van der Waals surface area contributed by atoms with Gasteiger partial charge in [0.05, 0.1) is 15.3 Å². The van der Waals surface area contributed by atoms with Crippen molar-refractivity contribution in [3.05, 3.63) is 32.3 Å². The van der Waals surface area contributed by atoms with Crippen molar-refractivity contribution in [2.75, 3.05) is 18.9 Å². The third kappa shape index (κ3) is 3.42. The van der Waals surface area contributed by atoms with Crippen molar-refractivity contribution in [2.24, 2.45) is 0 Å². The van der Waals surface area contributed by atoms with E-state index in [1.807, 2.05) is 0 Å². The number of nitrogens with zero attached hydrogens (tertiary/aromatic N) is 2. The number of rotatable bonds is 5. The first-order valence-electron chi connectivity index (χ1n) is 8.29. The Morgan fingerprint density at radius 2 is 2.12 bits per heavy atom. The minimum atomic E-state index is -3.58. The van der Waals surface area contributed by atoms with Crippen LogP contribution in [0.3, 0.4) is 0 Å². The van der Waals surface area contributed by atoms with Crippen LogP contribution in [0.2, 0.25) is 0 Å². The fraction of sp³-hybridized carbons (Fsp3) is 0.412. The number of sulfonamides is 1. The molecule has 1 amide bonds. The number of fused-ring (bicyclic) bond motifs is 1. The molecule has 2 aromatic heterocycles. The van der Waals surface area contributed by atoms with Crippen LogP contribution in [0.5, 0.6) is 0 Å². The van der Waals surface area contributed by atoms with E-state index in [9.17, 15) is 18.5 Å². The van der Waals surface area contributed by atoms with E-state index in [0.29, 0.717) is 22.0 Å². The molecule has 0 atom stereocenters. The van der Waals surface area contributed by atoms with Crippen LogP contribution >= 0.6 is 22.7 Å². The Morgan fingerprint density at radius 3 is 2.81 bits per heavy atom. The average Bonchev–Trinajstić information content (AvgIpc) is 3.25. The minimum absolute atomic E-state index is 0.114. The summed E-state index contributed by atoms with van der Waals surface area (Å²) in [5.74, 6) is -0.384. The highest BCUT2D eigenvalue weighted by Gasteiger charge is 2.25. The zero-order valence-corrected chi connectivity index (χ0v) is 17.0. The quantitative estimate of drug-likeness (QED) is 0.819. The molecule has 1 N–H and O–H groups in total. The fourth-order valence-electron chi connectivity index (χ4n) is 2.86. The van der Waals surface area contributed by atoms with E-state index in [-0.39, 0.29) is 10.8 Å². The third-order valence-corrected chi connectivity index (χ3v) is 8.66. The number of hydrogen-bond acceptors (Lipinski definition) is 6. The fourth-order valence-corrected chi connectivity index (χ4v) is 6.43. The summed E-state index contributed by atoms with van der Waals surface area (Å²) >= 11 is 2.54. The van der Waals surface area contributed by atoms with Crippen molar-refractivity contribution in [1.82, 2.24) is 4.31 Å². The van der Waals surface area contributed by atoms with Crippen LogP contribution in [-0.4, -0.2) is 32.2 Å². The zero-order valence-electron chi connectivity index (χ0n) is 14.5. The van der Waals surface area contributed by atoms with Crippen LogP contribution in [0, 0.1) is 11.3 Å². The molecular weight excluding hydrogens is 390 g/mol. The van der Waals surface area contributed by atoms with Gasteiger partial charge in [0.15, 0.2) is 0 Å². The van der Waals surface area contributed by atoms with Crippen molar-refractivity contribution < 1.29 is 13.2 Å². The summed E-state index contributed by atoms with van der Waals surface area (Å²) < 4.78 is 25.9. The summed E-state index contributed by atoms with van der Waals surface area (Å²) in [4.78, 5) is 14.2. The molecule has 0 bridgehead atoms. The third-order valence-electron chi connectivity index (χ3n) is 4.46. The standard InChI is InChI=1S/C17H19N3O3S3/c1-3-20(2)26(22,23)11-8-15(24-10-11)16(21)19-17-13(9-18)12-6-4-5-7-14(12)25-17/h8,10H,3-7H2,1-2H3,(H,19,21). The second-order valence-corrected chi connectivity index (χ2v) is 10.1. The molecule has 0 saturated heterocycles. The minimum Gasteiger partial charge on any atom is -0.312 e. The number of hydrogen-bond donors (Lipinski definition) is 1. The van der Waals surface area contributed by atoms with Crippen molar-refractivity contribution in [1.29, 1.82) is 5.26 Å². The van der Waals surface area contributed by atoms with Gasteiger partial charge < -0.3 is 5.32 Å². The molecule has 3 rings (SSSR count). The smallest absolute Gasteiger partial charge is 0.266 e.